The Hall–Kier alpha value is -1.89. The Morgan fingerprint density at radius 2 is 0.811 bits per heavy atom. The summed E-state index contributed by atoms with van der Waals surface area (Å²) in [6.07, 6.45) is 23.2. The van der Waals surface area contributed by atoms with Gasteiger partial charge in [0.15, 0.2) is 0 Å². The van der Waals surface area contributed by atoms with Crippen LogP contribution in [0, 0.1) is 0 Å². The van der Waals surface area contributed by atoms with Gasteiger partial charge in [-0.3, -0.25) is 14.4 Å². The molecule has 7 nitrogen and oxygen atoms in total. The minimum atomic E-state index is -0.769. The first kappa shape index (κ1) is 35.1. The fraction of sp³-hybridized carbons (Fsp3) is 0.833. The number of allylic oxidation sites excluding steroid dienone is 2. The quantitative estimate of drug-likeness (QED) is 0.0555. The molecule has 0 unspecified atom stereocenters. The first-order valence-corrected chi connectivity index (χ1v) is 15.0. The largest absolute Gasteiger partial charge is 0.481 e. The van der Waals surface area contributed by atoms with Gasteiger partial charge in [-0.05, 0) is 70.6 Å². The van der Waals surface area contributed by atoms with Crippen molar-refractivity contribution in [3.8, 4) is 0 Å². The van der Waals surface area contributed by atoms with Gasteiger partial charge in [0.2, 0.25) is 0 Å². The lowest BCUT2D eigenvalue weighted by Gasteiger charge is -2.39. The summed E-state index contributed by atoms with van der Waals surface area (Å²) < 4.78 is 0.866. The number of hydrogen-bond acceptors (Lipinski definition) is 3. The molecule has 0 amide bonds. The summed E-state index contributed by atoms with van der Waals surface area (Å²) in [7, 11) is 0. The number of hydrogen-bond donors (Lipinski definition) is 3. The maximum Gasteiger partial charge on any atom is 0.303 e. The van der Waals surface area contributed by atoms with E-state index in [-0.39, 0.29) is 19.3 Å². The van der Waals surface area contributed by atoms with E-state index >= 15 is 0 Å². The van der Waals surface area contributed by atoms with Crippen molar-refractivity contribution in [2.45, 2.75) is 135 Å². The smallest absolute Gasteiger partial charge is 0.303 e. The highest BCUT2D eigenvalue weighted by molar-refractivity contribution is 5.67. The van der Waals surface area contributed by atoms with E-state index in [2.05, 4.69) is 19.1 Å². The normalized spacial score (nSPS) is 11.8. The number of unbranched alkanes of at least 4 members (excludes halogenated alkanes) is 12. The van der Waals surface area contributed by atoms with E-state index in [1.54, 1.807) is 0 Å². The van der Waals surface area contributed by atoms with Crippen LogP contribution in [0.3, 0.4) is 0 Å². The van der Waals surface area contributed by atoms with Crippen LogP contribution < -0.4 is 0 Å². The maximum absolute atomic E-state index is 11.0. The number of aliphatic carboxylic acids is 3. The fourth-order valence-corrected chi connectivity index (χ4v) is 5.07. The Balaban J connectivity index is 4.59. The lowest BCUT2D eigenvalue weighted by atomic mass is 10.0. The summed E-state index contributed by atoms with van der Waals surface area (Å²) in [5.74, 6) is -2.31. The third kappa shape index (κ3) is 24.2. The SMILES string of the molecule is CC/C=C/CCCCCCCCCCC[N+](CCCCC(=O)O)(CCCCC(=O)O)CCCCC(=O)O. The first-order valence-electron chi connectivity index (χ1n) is 15.0. The fourth-order valence-electron chi connectivity index (χ4n) is 5.07. The molecule has 0 saturated heterocycles. The zero-order chi connectivity index (χ0) is 27.6. The van der Waals surface area contributed by atoms with Crippen molar-refractivity contribution in [3.05, 3.63) is 12.2 Å². The summed E-state index contributed by atoms with van der Waals surface area (Å²) in [4.78, 5) is 32.9. The second kappa shape index (κ2) is 24.4. The van der Waals surface area contributed by atoms with Crippen LogP contribution in [-0.2, 0) is 14.4 Å². The van der Waals surface area contributed by atoms with Crippen molar-refractivity contribution in [3.63, 3.8) is 0 Å². The molecule has 0 aromatic rings. The summed E-state index contributed by atoms with van der Waals surface area (Å²) in [5.41, 5.74) is 0. The van der Waals surface area contributed by atoms with Crippen molar-refractivity contribution < 1.29 is 34.2 Å². The molecule has 7 heteroatoms. The van der Waals surface area contributed by atoms with Crippen molar-refractivity contribution in [2.24, 2.45) is 0 Å². The highest BCUT2D eigenvalue weighted by Crippen LogP contribution is 2.19. The third-order valence-electron chi connectivity index (χ3n) is 7.22. The van der Waals surface area contributed by atoms with Gasteiger partial charge in [0.1, 0.15) is 0 Å². The second-order valence-electron chi connectivity index (χ2n) is 10.6. The van der Waals surface area contributed by atoms with E-state index in [0.717, 1.165) is 62.8 Å². The number of carboxylic acid groups (broad SMARTS) is 3. The average molecular weight is 527 g/mol. The molecular formula is C30H56NO6+. The predicted octanol–water partition coefficient (Wildman–Crippen LogP) is 7.44. The Morgan fingerprint density at radius 1 is 0.486 bits per heavy atom. The van der Waals surface area contributed by atoms with Crippen LogP contribution in [0.2, 0.25) is 0 Å². The van der Waals surface area contributed by atoms with Gasteiger partial charge >= 0.3 is 17.9 Å². The monoisotopic (exact) mass is 526 g/mol. The van der Waals surface area contributed by atoms with Gasteiger partial charge in [-0.2, -0.15) is 0 Å². The number of rotatable bonds is 28. The van der Waals surface area contributed by atoms with Crippen LogP contribution in [0.15, 0.2) is 12.2 Å². The van der Waals surface area contributed by atoms with Gasteiger partial charge < -0.3 is 19.8 Å². The zero-order valence-electron chi connectivity index (χ0n) is 23.6. The predicted molar refractivity (Wildman–Crippen MR) is 150 cm³/mol. The van der Waals surface area contributed by atoms with E-state index in [4.69, 9.17) is 15.3 Å². The molecule has 0 spiro atoms. The van der Waals surface area contributed by atoms with Crippen LogP contribution >= 0.6 is 0 Å². The number of quaternary nitrogens is 1. The van der Waals surface area contributed by atoms with Crippen molar-refractivity contribution >= 4 is 17.9 Å². The third-order valence-corrected chi connectivity index (χ3v) is 7.22. The van der Waals surface area contributed by atoms with E-state index in [9.17, 15) is 14.4 Å². The lowest BCUT2D eigenvalue weighted by molar-refractivity contribution is -0.929. The highest BCUT2D eigenvalue weighted by Gasteiger charge is 2.26. The number of carbonyl (C=O) groups is 3. The zero-order valence-corrected chi connectivity index (χ0v) is 23.6. The van der Waals surface area contributed by atoms with Crippen molar-refractivity contribution in [2.75, 3.05) is 26.2 Å². The van der Waals surface area contributed by atoms with Crippen LogP contribution in [0.1, 0.15) is 135 Å². The Bertz CT molecular complexity index is 564. The number of carboxylic acids is 3. The van der Waals surface area contributed by atoms with Crippen molar-refractivity contribution in [1.82, 2.24) is 0 Å². The van der Waals surface area contributed by atoms with Gasteiger partial charge in [0, 0.05) is 19.3 Å². The minimum Gasteiger partial charge on any atom is -0.481 e. The number of nitrogens with zero attached hydrogens (tertiary/aromatic N) is 1. The molecule has 0 fully saturated rings. The van der Waals surface area contributed by atoms with Gasteiger partial charge in [-0.25, -0.2) is 0 Å². The molecule has 3 N–H and O–H groups in total. The molecule has 0 atom stereocenters. The van der Waals surface area contributed by atoms with E-state index in [0.29, 0.717) is 19.3 Å². The molecule has 0 aromatic heterocycles. The molecular weight excluding hydrogens is 470 g/mol. The van der Waals surface area contributed by atoms with Crippen molar-refractivity contribution in [1.29, 1.82) is 0 Å². The molecule has 0 aromatic carbocycles. The van der Waals surface area contributed by atoms with E-state index in [1.165, 1.54) is 57.8 Å². The molecule has 0 bridgehead atoms. The molecule has 0 heterocycles. The van der Waals surface area contributed by atoms with Gasteiger partial charge in [0.25, 0.3) is 0 Å². The van der Waals surface area contributed by atoms with Crippen LogP contribution in [0.5, 0.6) is 0 Å². The van der Waals surface area contributed by atoms with Crippen LogP contribution in [0.4, 0.5) is 0 Å². The maximum atomic E-state index is 11.0. The Labute approximate surface area is 225 Å². The summed E-state index contributed by atoms with van der Waals surface area (Å²) in [6.45, 7) is 5.85. The van der Waals surface area contributed by atoms with E-state index in [1.807, 2.05) is 0 Å². The highest BCUT2D eigenvalue weighted by atomic mass is 16.4. The summed E-state index contributed by atoms with van der Waals surface area (Å²) >= 11 is 0. The summed E-state index contributed by atoms with van der Waals surface area (Å²) in [5, 5.41) is 27.0. The molecule has 216 valence electrons. The molecule has 0 rings (SSSR count). The van der Waals surface area contributed by atoms with E-state index < -0.39 is 17.9 Å². The second-order valence-corrected chi connectivity index (χ2v) is 10.6. The first-order chi connectivity index (χ1) is 17.8. The molecule has 37 heavy (non-hydrogen) atoms. The minimum absolute atomic E-state index is 0.174. The topological polar surface area (TPSA) is 112 Å². The molecule has 0 radical (unpaired) electrons. The molecule has 0 aliphatic rings. The van der Waals surface area contributed by atoms with Gasteiger partial charge in [-0.15, -0.1) is 0 Å². The van der Waals surface area contributed by atoms with Gasteiger partial charge in [0.05, 0.1) is 26.2 Å². The van der Waals surface area contributed by atoms with Crippen LogP contribution in [-0.4, -0.2) is 63.9 Å². The summed E-state index contributed by atoms with van der Waals surface area (Å²) in [6, 6.07) is 0. The molecule has 0 saturated carbocycles. The average Bonchev–Trinajstić information content (AvgIpc) is 2.84. The molecule has 0 aliphatic carbocycles. The van der Waals surface area contributed by atoms with Gasteiger partial charge in [-0.1, -0.05) is 57.6 Å². The Kier molecular flexibility index (Phi) is 23.2. The standard InChI is InChI=1S/C30H55NO6/c1-2-3-4-5-6-7-8-9-10-11-12-13-17-24-31(25-18-14-21-28(32)33,26-19-15-22-29(34)35)27-20-16-23-30(36)37/h3-4H,2,5-27H2,1H3,(H2-,32,33,34,35,36,37)/p+1/b4-3+. The van der Waals surface area contributed by atoms with Crippen LogP contribution in [0.25, 0.3) is 0 Å². The lowest BCUT2D eigenvalue weighted by Crippen LogP contribution is -2.51. The Morgan fingerprint density at radius 3 is 1.16 bits per heavy atom. The molecule has 0 aliphatic heterocycles.